The molecule has 0 radical (unpaired) electrons. The number of Topliss-reactive ketones (excluding diaryl/α,β-unsaturated/α-hetero) is 5. The second-order valence-corrected chi connectivity index (χ2v) is 34.0. The number of benzene rings is 10. The van der Waals surface area contributed by atoms with E-state index in [4.69, 9.17) is 4.74 Å². The monoisotopic (exact) mass is 1650 g/mol. The van der Waals surface area contributed by atoms with E-state index in [-0.39, 0.29) is 35.0 Å². The highest BCUT2D eigenvalue weighted by molar-refractivity contribution is 6.03. The number of aromatic nitrogens is 2. The van der Waals surface area contributed by atoms with Crippen LogP contribution in [0.2, 0.25) is 0 Å². The maximum absolute atomic E-state index is 12.6. The minimum Gasteiger partial charge on any atom is -0.450 e. The molecule has 1 unspecified atom stereocenters. The summed E-state index contributed by atoms with van der Waals surface area (Å²) < 4.78 is 5.04. The topological polar surface area (TPSA) is 172 Å². The zero-order valence-electron chi connectivity index (χ0n) is 72.6. The predicted octanol–water partition coefficient (Wildman–Crippen LogP) is 19.4. The molecular weight excluding hydrogens is 1530 g/mol. The summed E-state index contributed by atoms with van der Waals surface area (Å²) >= 11 is 0. The Hall–Kier alpha value is -10.9. The Balaban J connectivity index is 0.000000133. The van der Waals surface area contributed by atoms with Crippen LogP contribution in [0.15, 0.2) is 261 Å². The quantitative estimate of drug-likeness (QED) is 0.0380. The van der Waals surface area contributed by atoms with E-state index in [0.29, 0.717) is 63.1 Å². The number of likely N-dealkylation sites (tertiary alicyclic amines) is 4. The summed E-state index contributed by atoms with van der Waals surface area (Å²) in [4.78, 5) is 99.2. The highest BCUT2D eigenvalue weighted by Crippen LogP contribution is 2.29. The SMILES string of the molecule is CC1CCN(CCC(=O)c2ccc3ccccc3c2)CC1.CCOC(=O)N1CCC(CNCCC(=O)c2ccc3ccccc3c2)CC1.CN(C)C1CCN(CCC(=O)c2ccc3ccccc3c2)CC1.O=C(CCN1CCC(c2ccccn2)C1)c1ccc2ccccc2c1.O=C(CCN1CCN(Cc2ccccn2)CC1)c1ccc2ccccc2c1. The number of fused-ring (bicyclic) bond motifs is 5. The van der Waals surface area contributed by atoms with Gasteiger partial charge in [-0.05, 0) is 226 Å². The number of ketones is 5. The van der Waals surface area contributed by atoms with Gasteiger partial charge in [-0.3, -0.25) is 38.8 Å². The highest BCUT2D eigenvalue weighted by Gasteiger charge is 2.28. The third kappa shape index (κ3) is 27.3. The lowest BCUT2D eigenvalue weighted by Crippen LogP contribution is -2.46. The van der Waals surface area contributed by atoms with Crippen molar-refractivity contribution in [2.24, 2.45) is 11.8 Å². The van der Waals surface area contributed by atoms with E-state index < -0.39 is 0 Å². The van der Waals surface area contributed by atoms with Crippen molar-refractivity contribution in [3.8, 4) is 0 Å². The van der Waals surface area contributed by atoms with Crippen molar-refractivity contribution >= 4 is 88.9 Å². The van der Waals surface area contributed by atoms with Gasteiger partial charge in [-0.1, -0.05) is 201 Å². The van der Waals surface area contributed by atoms with Crippen LogP contribution in [0.1, 0.15) is 160 Å². The number of hydrogen-bond donors (Lipinski definition) is 1. The number of ether oxygens (including phenoxy) is 1. The second kappa shape index (κ2) is 46.6. The van der Waals surface area contributed by atoms with Crippen molar-refractivity contribution in [3.05, 3.63) is 300 Å². The van der Waals surface area contributed by atoms with Crippen molar-refractivity contribution in [3.63, 3.8) is 0 Å². The number of carbonyl (C=O) groups excluding carboxylic acids is 6. The molecule has 17 heteroatoms. The Bertz CT molecular complexity index is 5400. The van der Waals surface area contributed by atoms with Gasteiger partial charge >= 0.3 is 6.09 Å². The number of nitrogens with zero attached hydrogens (tertiary/aromatic N) is 9. The van der Waals surface area contributed by atoms with Gasteiger partial charge in [-0.25, -0.2) is 4.79 Å². The molecule has 5 aliphatic rings. The first-order chi connectivity index (χ1) is 60.1. The number of hydrogen-bond acceptors (Lipinski definition) is 16. The first kappa shape index (κ1) is 89.9. The molecule has 123 heavy (non-hydrogen) atoms. The Labute approximate surface area is 727 Å². The molecule has 10 aromatic carbocycles. The fourth-order valence-electron chi connectivity index (χ4n) is 17.3. The summed E-state index contributed by atoms with van der Waals surface area (Å²) in [7, 11) is 4.31. The summed E-state index contributed by atoms with van der Waals surface area (Å²) in [5.74, 6) is 3.04. The Morgan fingerprint density at radius 1 is 0.374 bits per heavy atom. The van der Waals surface area contributed by atoms with Crippen LogP contribution >= 0.6 is 0 Å². The van der Waals surface area contributed by atoms with Crippen LogP contribution in [0.25, 0.3) is 53.9 Å². The van der Waals surface area contributed by atoms with E-state index in [1.807, 2.05) is 201 Å². The van der Waals surface area contributed by atoms with Gasteiger partial charge in [0.2, 0.25) is 0 Å². The van der Waals surface area contributed by atoms with Gasteiger partial charge in [0, 0.05) is 175 Å². The van der Waals surface area contributed by atoms with Gasteiger partial charge in [-0.2, -0.15) is 0 Å². The Kier molecular flexibility index (Phi) is 34.0. The van der Waals surface area contributed by atoms with Gasteiger partial charge in [0.05, 0.1) is 12.3 Å². The van der Waals surface area contributed by atoms with Crippen LogP contribution < -0.4 is 5.32 Å². The van der Waals surface area contributed by atoms with Crippen LogP contribution in [0.5, 0.6) is 0 Å². The molecule has 2 aromatic heterocycles. The van der Waals surface area contributed by atoms with Crippen LogP contribution in [0.3, 0.4) is 0 Å². The average molecular weight is 1650 g/mol. The number of amides is 1. The van der Waals surface area contributed by atoms with Crippen molar-refractivity contribution in [1.82, 2.24) is 49.6 Å². The summed E-state index contributed by atoms with van der Waals surface area (Å²) in [6.07, 6.45) is 14.4. The lowest BCUT2D eigenvalue weighted by Gasteiger charge is -2.35. The maximum atomic E-state index is 12.6. The second-order valence-electron chi connectivity index (χ2n) is 34.0. The number of piperidine rings is 3. The number of rotatable bonds is 27. The fourth-order valence-corrected chi connectivity index (χ4v) is 17.3. The molecule has 0 bridgehead atoms. The van der Waals surface area contributed by atoms with Crippen molar-refractivity contribution in [1.29, 1.82) is 0 Å². The van der Waals surface area contributed by atoms with E-state index in [0.717, 1.165) is 209 Å². The first-order valence-electron chi connectivity index (χ1n) is 44.9. The molecular formula is C106H124N10O7. The van der Waals surface area contributed by atoms with E-state index >= 15 is 0 Å². The third-order valence-electron chi connectivity index (χ3n) is 25.2. The zero-order valence-corrected chi connectivity index (χ0v) is 72.6. The predicted molar refractivity (Wildman–Crippen MR) is 501 cm³/mol. The minimum absolute atomic E-state index is 0.172. The molecule has 7 heterocycles. The number of carbonyl (C=O) groups is 6. The Morgan fingerprint density at radius 2 is 0.732 bits per heavy atom. The molecule has 12 aromatic rings. The lowest BCUT2D eigenvalue weighted by molar-refractivity contribution is 0.0908. The highest BCUT2D eigenvalue weighted by atomic mass is 16.6. The van der Waals surface area contributed by atoms with Gasteiger partial charge in [0.15, 0.2) is 28.9 Å². The van der Waals surface area contributed by atoms with E-state index in [9.17, 15) is 28.8 Å². The van der Waals surface area contributed by atoms with Crippen LogP contribution in [-0.2, 0) is 11.3 Å². The van der Waals surface area contributed by atoms with Gasteiger partial charge in [0.25, 0.3) is 0 Å². The fraction of sp³-hybridized carbons (Fsp3) is 0.377. The van der Waals surface area contributed by atoms with E-state index in [1.165, 1.54) is 52.9 Å². The Morgan fingerprint density at radius 3 is 1.12 bits per heavy atom. The summed E-state index contributed by atoms with van der Waals surface area (Å²) in [6.45, 7) is 22.6. The molecule has 5 aliphatic heterocycles. The van der Waals surface area contributed by atoms with Gasteiger partial charge in [-0.15, -0.1) is 0 Å². The summed E-state index contributed by atoms with van der Waals surface area (Å²) in [5, 5.41) is 15.0. The van der Waals surface area contributed by atoms with Gasteiger partial charge in [0.1, 0.15) is 0 Å². The smallest absolute Gasteiger partial charge is 0.409 e. The molecule has 5 saturated heterocycles. The third-order valence-corrected chi connectivity index (χ3v) is 25.2. The normalized spacial score (nSPS) is 16.5. The molecule has 0 aliphatic carbocycles. The first-order valence-corrected chi connectivity index (χ1v) is 44.9. The van der Waals surface area contributed by atoms with Gasteiger partial charge < -0.3 is 39.5 Å². The van der Waals surface area contributed by atoms with Crippen LogP contribution in [-0.4, -0.2) is 224 Å². The minimum atomic E-state index is -0.204. The number of piperazine rings is 1. The molecule has 1 atom stereocenters. The zero-order chi connectivity index (χ0) is 85.5. The van der Waals surface area contributed by atoms with Crippen LogP contribution in [0, 0.1) is 11.8 Å². The van der Waals surface area contributed by atoms with Crippen molar-refractivity contribution in [2.75, 3.05) is 139 Å². The molecule has 0 spiro atoms. The number of nitrogens with one attached hydrogen (secondary N) is 1. The molecule has 0 saturated carbocycles. The molecule has 5 fully saturated rings. The van der Waals surface area contributed by atoms with Crippen molar-refractivity contribution < 1.29 is 33.5 Å². The number of pyridine rings is 2. The lowest BCUT2D eigenvalue weighted by atomic mass is 9.97. The molecule has 17 nitrogen and oxygen atoms in total. The molecule has 640 valence electrons. The summed E-state index contributed by atoms with van der Waals surface area (Å²) in [6, 6.07) is 83.7. The summed E-state index contributed by atoms with van der Waals surface area (Å²) in [5.41, 5.74) is 6.40. The van der Waals surface area contributed by atoms with Crippen LogP contribution in [0.4, 0.5) is 4.79 Å². The average Bonchev–Trinajstić information content (AvgIpc) is 1.37. The molecule has 1 N–H and O–H groups in total. The maximum Gasteiger partial charge on any atom is 0.409 e. The molecule has 1 amide bonds. The van der Waals surface area contributed by atoms with E-state index in [1.54, 1.807) is 4.90 Å². The standard InChI is InChI=1S/C23H25N3O.C22H28N2O3.C22H22N2O.C20H26N2O.C19H23NO/c27-23(21-9-8-19-5-1-2-6-20(19)17-21)10-12-25-13-15-26(16-14-25)18-22-7-3-4-11-24-22;1-2-27-22(26)24-13-10-17(11-14-24)16-23-12-9-21(25)20-8-7-18-5-3-4-6-19(18)15-20;25-22(19-9-8-17-5-1-2-6-18(17)15-19)11-14-24-13-10-20(16-24)21-7-3-4-12-23-21;1-21(2)19-9-12-22(13-10-19)14-11-20(23)18-8-7-16-5-3-4-6-17(16)15-18;1-15-8-11-20(12-9-15)13-10-19(21)18-7-6-16-4-2-3-5-17(16)14-18/h1-9,11,17H,10,12-16,18H2;3-8,15,17,23H,2,9-14,16H2,1H3;1-9,12,15,20H,10-11,13-14,16H2;3-8,15,19H,9-14H2,1-2H3;2-7,14-15H,8-13H2,1H3. The largest absolute Gasteiger partial charge is 0.450 e. The molecule has 17 rings (SSSR count). The van der Waals surface area contributed by atoms with Crippen molar-refractivity contribution in [2.45, 2.75) is 109 Å². The van der Waals surface area contributed by atoms with E-state index in [2.05, 4.69) is 132 Å².